The number of ether oxygens (including phenoxy) is 1. The number of aliphatic hydroxyl groups excluding tert-OH is 1. The summed E-state index contributed by atoms with van der Waals surface area (Å²) >= 11 is 11.8. The summed E-state index contributed by atoms with van der Waals surface area (Å²) in [5.41, 5.74) is 0. The number of rotatable bonds is 7. The van der Waals surface area contributed by atoms with E-state index in [9.17, 15) is 4.79 Å². The lowest BCUT2D eigenvalue weighted by atomic mass is 10.2. The van der Waals surface area contributed by atoms with Gasteiger partial charge in [0.05, 0.1) is 18.1 Å². The van der Waals surface area contributed by atoms with Crippen molar-refractivity contribution in [3.05, 3.63) is 28.2 Å². The van der Waals surface area contributed by atoms with Crippen LogP contribution in [0.4, 0.5) is 0 Å². The number of benzene rings is 1. The van der Waals surface area contributed by atoms with Gasteiger partial charge in [-0.15, -0.1) is 0 Å². The molecule has 0 bridgehead atoms. The number of amides is 1. The Morgan fingerprint density at radius 3 is 2.89 bits per heavy atom. The molecule has 0 saturated heterocycles. The second-order valence-electron chi connectivity index (χ2n) is 4.13. The number of aliphatic hydroxyl groups is 1. The summed E-state index contributed by atoms with van der Waals surface area (Å²) < 4.78 is 5.40. The van der Waals surface area contributed by atoms with Gasteiger partial charge in [0.15, 0.2) is 0 Å². The Kier molecular flexibility index (Phi) is 6.99. The van der Waals surface area contributed by atoms with Gasteiger partial charge in [-0.2, -0.15) is 0 Å². The normalized spacial score (nSPS) is 12.0. The van der Waals surface area contributed by atoms with Gasteiger partial charge in [-0.05, 0) is 25.5 Å². The number of hydrogen-bond acceptors (Lipinski definition) is 3. The van der Waals surface area contributed by atoms with E-state index in [4.69, 9.17) is 33.0 Å². The van der Waals surface area contributed by atoms with Gasteiger partial charge < -0.3 is 15.2 Å². The van der Waals surface area contributed by atoms with Gasteiger partial charge >= 0.3 is 0 Å². The first-order valence-corrected chi connectivity index (χ1v) is 6.77. The molecule has 0 spiro atoms. The third-order valence-electron chi connectivity index (χ3n) is 2.47. The van der Waals surface area contributed by atoms with Gasteiger partial charge in [-0.1, -0.05) is 29.3 Å². The summed E-state index contributed by atoms with van der Waals surface area (Å²) in [5.74, 6) is 0.337. The first-order chi connectivity index (χ1) is 9.04. The van der Waals surface area contributed by atoms with Crippen molar-refractivity contribution in [2.45, 2.75) is 25.8 Å². The minimum atomic E-state index is -0.126. The molecular weight excluding hydrogens is 289 g/mol. The fourth-order valence-electron chi connectivity index (χ4n) is 1.46. The predicted molar refractivity (Wildman–Crippen MR) is 75.9 cm³/mol. The van der Waals surface area contributed by atoms with Crippen molar-refractivity contribution < 1.29 is 14.6 Å². The second-order valence-corrected chi connectivity index (χ2v) is 4.92. The molecule has 1 amide bonds. The molecule has 0 saturated carbocycles. The van der Waals surface area contributed by atoms with Gasteiger partial charge in [0.2, 0.25) is 5.91 Å². The third kappa shape index (κ3) is 5.68. The average molecular weight is 306 g/mol. The molecule has 0 fully saturated rings. The van der Waals surface area contributed by atoms with Crippen molar-refractivity contribution in [2.24, 2.45) is 0 Å². The summed E-state index contributed by atoms with van der Waals surface area (Å²) in [6.07, 6.45) is 0.755. The summed E-state index contributed by atoms with van der Waals surface area (Å²) in [4.78, 5) is 11.5. The van der Waals surface area contributed by atoms with E-state index in [0.717, 1.165) is 0 Å². The summed E-state index contributed by atoms with van der Waals surface area (Å²) in [6.45, 7) is 2.11. The lowest BCUT2D eigenvalue weighted by molar-refractivity contribution is -0.122. The zero-order valence-corrected chi connectivity index (χ0v) is 12.2. The van der Waals surface area contributed by atoms with E-state index < -0.39 is 0 Å². The highest BCUT2D eigenvalue weighted by Crippen LogP contribution is 2.31. The Bertz CT molecular complexity index is 426. The van der Waals surface area contributed by atoms with Gasteiger partial charge in [0.25, 0.3) is 0 Å². The molecule has 4 nitrogen and oxygen atoms in total. The second kappa shape index (κ2) is 8.25. The summed E-state index contributed by atoms with van der Waals surface area (Å²) in [7, 11) is 0. The molecule has 1 aromatic carbocycles. The van der Waals surface area contributed by atoms with Crippen LogP contribution in [0, 0.1) is 0 Å². The van der Waals surface area contributed by atoms with Crippen molar-refractivity contribution in [1.82, 2.24) is 5.32 Å². The average Bonchev–Trinajstić information content (AvgIpc) is 2.34. The van der Waals surface area contributed by atoms with E-state index in [2.05, 4.69) is 5.32 Å². The maximum atomic E-state index is 11.5. The van der Waals surface area contributed by atoms with Crippen LogP contribution >= 0.6 is 23.2 Å². The molecule has 0 aliphatic rings. The van der Waals surface area contributed by atoms with Gasteiger partial charge in [-0.25, -0.2) is 0 Å². The molecule has 1 rings (SSSR count). The minimum Gasteiger partial charge on any atom is -0.491 e. The first kappa shape index (κ1) is 16.1. The molecule has 1 unspecified atom stereocenters. The van der Waals surface area contributed by atoms with Crippen molar-refractivity contribution in [2.75, 3.05) is 13.2 Å². The fourth-order valence-corrected chi connectivity index (χ4v) is 1.81. The lowest BCUT2D eigenvalue weighted by Gasteiger charge is -2.13. The van der Waals surface area contributed by atoms with Gasteiger partial charge in [0, 0.05) is 12.6 Å². The fraction of sp³-hybridized carbons (Fsp3) is 0.462. The Hall–Kier alpha value is -0.970. The zero-order valence-electron chi connectivity index (χ0n) is 10.7. The highest BCUT2D eigenvalue weighted by molar-refractivity contribution is 6.42. The van der Waals surface area contributed by atoms with Crippen molar-refractivity contribution in [3.63, 3.8) is 0 Å². The number of hydrogen-bond donors (Lipinski definition) is 2. The molecule has 2 N–H and O–H groups in total. The van der Waals surface area contributed by atoms with E-state index >= 15 is 0 Å². The summed E-state index contributed by atoms with van der Waals surface area (Å²) in [5, 5.41) is 12.2. The van der Waals surface area contributed by atoms with Crippen LogP contribution in [0.25, 0.3) is 0 Å². The van der Waals surface area contributed by atoms with Gasteiger partial charge in [0.1, 0.15) is 10.8 Å². The number of nitrogens with one attached hydrogen (secondary N) is 1. The van der Waals surface area contributed by atoms with E-state index in [0.29, 0.717) is 22.2 Å². The molecule has 0 aliphatic heterocycles. The quantitative estimate of drug-likeness (QED) is 0.814. The van der Waals surface area contributed by atoms with Crippen LogP contribution in [-0.2, 0) is 4.79 Å². The van der Waals surface area contributed by atoms with Crippen LogP contribution in [0.5, 0.6) is 5.75 Å². The smallest absolute Gasteiger partial charge is 0.223 e. The first-order valence-electron chi connectivity index (χ1n) is 6.01. The van der Waals surface area contributed by atoms with Crippen molar-refractivity contribution in [3.8, 4) is 5.75 Å². The number of carbonyl (C=O) groups excluding carboxylic acids is 1. The Morgan fingerprint density at radius 1 is 1.47 bits per heavy atom. The molecular formula is C13H17Cl2NO3. The topological polar surface area (TPSA) is 58.6 Å². The highest BCUT2D eigenvalue weighted by Gasteiger charge is 2.09. The molecule has 0 aliphatic carbocycles. The molecule has 106 valence electrons. The standard InChI is InChI=1S/C13H17Cl2NO3/c1-9(5-7-17)16-12(18)6-8-19-11-4-2-3-10(14)13(11)15/h2-4,9,17H,5-8H2,1H3,(H,16,18). The molecule has 0 heterocycles. The molecule has 19 heavy (non-hydrogen) atoms. The predicted octanol–water partition coefficient (Wildman–Crippen LogP) is 2.65. The molecule has 1 aromatic rings. The number of halogens is 2. The van der Waals surface area contributed by atoms with Crippen LogP contribution < -0.4 is 10.1 Å². The van der Waals surface area contributed by atoms with Crippen molar-refractivity contribution in [1.29, 1.82) is 0 Å². The lowest BCUT2D eigenvalue weighted by Crippen LogP contribution is -2.33. The Labute approximate surface area is 122 Å². The van der Waals surface area contributed by atoms with E-state index in [1.54, 1.807) is 18.2 Å². The molecule has 0 aromatic heterocycles. The van der Waals surface area contributed by atoms with E-state index in [1.165, 1.54) is 0 Å². The third-order valence-corrected chi connectivity index (χ3v) is 3.27. The van der Waals surface area contributed by atoms with Crippen LogP contribution in [0.1, 0.15) is 19.8 Å². The van der Waals surface area contributed by atoms with Crippen LogP contribution in [-0.4, -0.2) is 30.3 Å². The largest absolute Gasteiger partial charge is 0.491 e. The monoisotopic (exact) mass is 305 g/mol. The van der Waals surface area contributed by atoms with Crippen LogP contribution in [0.15, 0.2) is 18.2 Å². The highest BCUT2D eigenvalue weighted by atomic mass is 35.5. The molecule has 0 radical (unpaired) electrons. The van der Waals surface area contributed by atoms with Crippen molar-refractivity contribution >= 4 is 29.1 Å². The molecule has 6 heteroatoms. The molecule has 1 atom stereocenters. The van der Waals surface area contributed by atoms with Crippen LogP contribution in [0.2, 0.25) is 10.0 Å². The maximum Gasteiger partial charge on any atom is 0.223 e. The number of carbonyl (C=O) groups is 1. The Morgan fingerprint density at radius 2 is 2.21 bits per heavy atom. The minimum absolute atomic E-state index is 0.0488. The summed E-state index contributed by atoms with van der Waals surface area (Å²) in [6, 6.07) is 5.04. The maximum absolute atomic E-state index is 11.5. The van der Waals surface area contributed by atoms with Gasteiger partial charge in [-0.3, -0.25) is 4.79 Å². The Balaban J connectivity index is 2.34. The van der Waals surface area contributed by atoms with E-state index in [-0.39, 0.29) is 31.6 Å². The zero-order chi connectivity index (χ0) is 14.3. The SMILES string of the molecule is CC(CCO)NC(=O)CCOc1cccc(Cl)c1Cl. The van der Waals surface area contributed by atoms with Crippen LogP contribution in [0.3, 0.4) is 0 Å². The van der Waals surface area contributed by atoms with E-state index in [1.807, 2.05) is 6.92 Å².